The molecule has 0 radical (unpaired) electrons. The number of rotatable bonds is 5. The summed E-state index contributed by atoms with van der Waals surface area (Å²) in [6.45, 7) is 7.49. The SMILES string of the molecule is CSCC[C@H](N)C(=O)N1CC(C)C(N2CCOCC2)C1.Cl. The molecule has 2 aliphatic heterocycles. The Morgan fingerprint density at radius 3 is 2.67 bits per heavy atom. The molecule has 7 heteroatoms. The van der Waals surface area contributed by atoms with Crippen molar-refractivity contribution in [2.45, 2.75) is 25.4 Å². The van der Waals surface area contributed by atoms with Gasteiger partial charge in [0, 0.05) is 32.2 Å². The average molecular weight is 338 g/mol. The number of halogens is 1. The zero-order valence-electron chi connectivity index (χ0n) is 13.0. The second kappa shape index (κ2) is 9.20. The fourth-order valence-electron chi connectivity index (χ4n) is 3.12. The predicted molar refractivity (Wildman–Crippen MR) is 90.1 cm³/mol. The van der Waals surface area contributed by atoms with Crippen LogP contribution in [0.25, 0.3) is 0 Å². The van der Waals surface area contributed by atoms with Gasteiger partial charge in [-0.1, -0.05) is 6.92 Å². The molecule has 2 aliphatic rings. The van der Waals surface area contributed by atoms with Crippen LogP contribution in [0.1, 0.15) is 13.3 Å². The van der Waals surface area contributed by atoms with E-state index in [0.29, 0.717) is 12.0 Å². The largest absolute Gasteiger partial charge is 0.379 e. The Morgan fingerprint density at radius 1 is 1.38 bits per heavy atom. The molecule has 2 saturated heterocycles. The molecule has 0 bridgehead atoms. The van der Waals surface area contributed by atoms with E-state index in [2.05, 4.69) is 11.8 Å². The zero-order valence-corrected chi connectivity index (χ0v) is 14.6. The van der Waals surface area contributed by atoms with Crippen molar-refractivity contribution in [2.24, 2.45) is 11.7 Å². The number of likely N-dealkylation sites (tertiary alicyclic amines) is 1. The third-order valence-corrected chi connectivity index (χ3v) is 4.99. The Bertz CT molecular complexity index is 329. The topological polar surface area (TPSA) is 58.8 Å². The van der Waals surface area contributed by atoms with Crippen molar-refractivity contribution in [1.29, 1.82) is 0 Å². The van der Waals surface area contributed by atoms with E-state index in [4.69, 9.17) is 10.5 Å². The number of hydrogen-bond donors (Lipinski definition) is 1. The minimum atomic E-state index is -0.335. The maximum Gasteiger partial charge on any atom is 0.239 e. The van der Waals surface area contributed by atoms with Crippen molar-refractivity contribution < 1.29 is 9.53 Å². The molecule has 0 aliphatic carbocycles. The van der Waals surface area contributed by atoms with Crippen LogP contribution in [0.5, 0.6) is 0 Å². The van der Waals surface area contributed by atoms with Crippen LogP contribution in [0, 0.1) is 5.92 Å². The molecule has 0 saturated carbocycles. The van der Waals surface area contributed by atoms with Crippen LogP contribution < -0.4 is 5.73 Å². The summed E-state index contributed by atoms with van der Waals surface area (Å²) in [5.41, 5.74) is 6.01. The van der Waals surface area contributed by atoms with Gasteiger partial charge in [0.05, 0.1) is 19.3 Å². The van der Waals surface area contributed by atoms with Crippen LogP contribution in [0.3, 0.4) is 0 Å². The molecule has 0 aromatic rings. The average Bonchev–Trinajstić information content (AvgIpc) is 2.86. The summed E-state index contributed by atoms with van der Waals surface area (Å²) in [6, 6.07) is 0.133. The van der Waals surface area contributed by atoms with Crippen molar-refractivity contribution in [3.8, 4) is 0 Å². The first-order valence-electron chi connectivity index (χ1n) is 7.48. The van der Waals surface area contributed by atoms with Crippen LogP contribution in [0.2, 0.25) is 0 Å². The van der Waals surface area contributed by atoms with E-state index in [0.717, 1.165) is 51.6 Å². The van der Waals surface area contributed by atoms with Gasteiger partial charge in [0.2, 0.25) is 5.91 Å². The Balaban J connectivity index is 0.00000220. The first kappa shape index (κ1) is 19.0. The maximum atomic E-state index is 12.4. The van der Waals surface area contributed by atoms with Crippen LogP contribution >= 0.6 is 24.2 Å². The highest BCUT2D eigenvalue weighted by Gasteiger charge is 2.37. The molecule has 2 unspecified atom stereocenters. The smallest absolute Gasteiger partial charge is 0.239 e. The Hall–Kier alpha value is -0.0100. The molecule has 21 heavy (non-hydrogen) atoms. The van der Waals surface area contributed by atoms with Gasteiger partial charge < -0.3 is 15.4 Å². The van der Waals surface area contributed by atoms with Gasteiger partial charge in [0.15, 0.2) is 0 Å². The number of amides is 1. The third-order valence-electron chi connectivity index (χ3n) is 4.35. The molecule has 0 spiro atoms. The minimum Gasteiger partial charge on any atom is -0.379 e. The highest BCUT2D eigenvalue weighted by Crippen LogP contribution is 2.23. The first-order chi connectivity index (χ1) is 9.63. The minimum absolute atomic E-state index is 0. The van der Waals surface area contributed by atoms with Crippen molar-refractivity contribution in [1.82, 2.24) is 9.80 Å². The fraction of sp³-hybridized carbons (Fsp3) is 0.929. The molecular formula is C14H28ClN3O2S. The molecule has 1 amide bonds. The van der Waals surface area contributed by atoms with E-state index in [1.807, 2.05) is 11.2 Å². The summed E-state index contributed by atoms with van der Waals surface area (Å²) >= 11 is 1.74. The van der Waals surface area contributed by atoms with Gasteiger partial charge in [0.1, 0.15) is 0 Å². The lowest BCUT2D eigenvalue weighted by molar-refractivity contribution is -0.131. The number of hydrogen-bond acceptors (Lipinski definition) is 5. The van der Waals surface area contributed by atoms with Crippen molar-refractivity contribution in [3.05, 3.63) is 0 Å². The number of nitrogens with two attached hydrogens (primary N) is 1. The molecule has 5 nitrogen and oxygen atoms in total. The molecule has 0 aromatic carbocycles. The number of carbonyl (C=O) groups excluding carboxylic acids is 1. The molecule has 2 N–H and O–H groups in total. The quantitative estimate of drug-likeness (QED) is 0.799. The highest BCUT2D eigenvalue weighted by atomic mass is 35.5. The van der Waals surface area contributed by atoms with Gasteiger partial charge in [-0.25, -0.2) is 0 Å². The van der Waals surface area contributed by atoms with E-state index in [-0.39, 0.29) is 24.4 Å². The van der Waals surface area contributed by atoms with E-state index in [1.165, 1.54) is 0 Å². The van der Waals surface area contributed by atoms with E-state index in [9.17, 15) is 4.79 Å². The third kappa shape index (κ3) is 4.99. The first-order valence-corrected chi connectivity index (χ1v) is 8.88. The maximum absolute atomic E-state index is 12.4. The molecule has 2 rings (SSSR count). The van der Waals surface area contributed by atoms with E-state index >= 15 is 0 Å². The highest BCUT2D eigenvalue weighted by molar-refractivity contribution is 7.98. The lowest BCUT2D eigenvalue weighted by atomic mass is 10.0. The van der Waals surface area contributed by atoms with Gasteiger partial charge in [-0.3, -0.25) is 9.69 Å². The van der Waals surface area contributed by atoms with Crippen LogP contribution in [-0.2, 0) is 9.53 Å². The van der Waals surface area contributed by atoms with Gasteiger partial charge in [0.25, 0.3) is 0 Å². The molecule has 2 heterocycles. The summed E-state index contributed by atoms with van der Waals surface area (Å²) < 4.78 is 5.41. The van der Waals surface area contributed by atoms with Crippen molar-refractivity contribution >= 4 is 30.1 Å². The Labute approximate surface area is 138 Å². The molecule has 124 valence electrons. The lowest BCUT2D eigenvalue weighted by Gasteiger charge is -2.34. The van der Waals surface area contributed by atoms with Gasteiger partial charge in [-0.2, -0.15) is 11.8 Å². The van der Waals surface area contributed by atoms with E-state index in [1.54, 1.807) is 11.8 Å². The second-order valence-corrected chi connectivity index (χ2v) is 6.81. The molecular weight excluding hydrogens is 310 g/mol. The Morgan fingerprint density at radius 2 is 2.05 bits per heavy atom. The Kier molecular flexibility index (Phi) is 8.34. The fourth-order valence-corrected chi connectivity index (χ4v) is 3.61. The van der Waals surface area contributed by atoms with Crippen molar-refractivity contribution in [2.75, 3.05) is 51.4 Å². The number of thioether (sulfide) groups is 1. The van der Waals surface area contributed by atoms with Crippen LogP contribution in [0.15, 0.2) is 0 Å². The number of morpholine rings is 1. The monoisotopic (exact) mass is 337 g/mol. The number of carbonyl (C=O) groups is 1. The van der Waals surface area contributed by atoms with Crippen LogP contribution in [-0.4, -0.2) is 79.2 Å². The number of ether oxygens (including phenoxy) is 1. The summed E-state index contributed by atoms with van der Waals surface area (Å²) in [4.78, 5) is 16.8. The van der Waals surface area contributed by atoms with Crippen LogP contribution in [0.4, 0.5) is 0 Å². The normalized spacial score (nSPS) is 28.2. The summed E-state index contributed by atoms with van der Waals surface area (Å²) in [6.07, 6.45) is 2.82. The summed E-state index contributed by atoms with van der Waals surface area (Å²) in [5, 5.41) is 0. The van der Waals surface area contributed by atoms with Gasteiger partial charge in [-0.05, 0) is 24.3 Å². The number of nitrogens with zero attached hydrogens (tertiary/aromatic N) is 2. The molecule has 0 aromatic heterocycles. The molecule has 2 fully saturated rings. The molecule has 3 atom stereocenters. The van der Waals surface area contributed by atoms with E-state index < -0.39 is 0 Å². The van der Waals surface area contributed by atoms with Gasteiger partial charge >= 0.3 is 0 Å². The summed E-state index contributed by atoms with van der Waals surface area (Å²) in [7, 11) is 0. The van der Waals surface area contributed by atoms with Gasteiger partial charge in [-0.15, -0.1) is 12.4 Å². The predicted octanol–water partition coefficient (Wildman–Crippen LogP) is 0.668. The second-order valence-electron chi connectivity index (χ2n) is 5.82. The zero-order chi connectivity index (χ0) is 14.5. The van der Waals surface area contributed by atoms with Crippen molar-refractivity contribution in [3.63, 3.8) is 0 Å². The lowest BCUT2D eigenvalue weighted by Crippen LogP contribution is -2.48. The summed E-state index contributed by atoms with van der Waals surface area (Å²) in [5.74, 6) is 1.59. The standard InChI is InChI=1S/C14H27N3O2S.ClH/c1-11-9-17(14(18)12(15)3-8-20-2)10-13(11)16-4-6-19-7-5-16;/h11-13H,3-10,15H2,1-2H3;1H/t11?,12-,13?;/m0./s1.